The van der Waals surface area contributed by atoms with E-state index in [4.69, 9.17) is 4.74 Å². The molecule has 0 aromatic heterocycles. The molecular weight excluding hydrogens is 290 g/mol. The van der Waals surface area contributed by atoms with Gasteiger partial charge in [-0.15, -0.1) is 6.07 Å². The predicted molar refractivity (Wildman–Crippen MR) is 67.2 cm³/mol. The zero-order chi connectivity index (χ0) is 14.0. The van der Waals surface area contributed by atoms with Crippen LogP contribution in [-0.2, 0) is 9.59 Å². The van der Waals surface area contributed by atoms with E-state index in [1.54, 1.807) is 0 Å². The van der Waals surface area contributed by atoms with E-state index in [9.17, 15) is 14.0 Å². The minimum Gasteiger partial charge on any atom is -0.507 e. The van der Waals surface area contributed by atoms with E-state index < -0.39 is 17.8 Å². The van der Waals surface area contributed by atoms with Crippen molar-refractivity contribution in [3.63, 3.8) is 0 Å². The quantitative estimate of drug-likeness (QED) is 0.394. The molecule has 0 spiro atoms. The number of piperidine rings is 1. The second-order valence-electron chi connectivity index (χ2n) is 4.29. The van der Waals surface area contributed by atoms with Gasteiger partial charge in [-0.05, 0) is 6.42 Å². The van der Waals surface area contributed by atoms with Crippen molar-refractivity contribution in [1.29, 1.82) is 0 Å². The van der Waals surface area contributed by atoms with Gasteiger partial charge in [-0.3, -0.25) is 19.3 Å². The summed E-state index contributed by atoms with van der Waals surface area (Å²) in [4.78, 5) is 22.7. The fourth-order valence-corrected chi connectivity index (χ4v) is 1.90. The maximum atomic E-state index is 13.5. The number of nitrogens with one attached hydrogen (secondary N) is 2. The Bertz CT molecular complexity index is 537. The van der Waals surface area contributed by atoms with Crippen molar-refractivity contribution in [2.45, 2.75) is 18.9 Å². The molecule has 20 heavy (non-hydrogen) atoms. The van der Waals surface area contributed by atoms with Gasteiger partial charge in [0.05, 0.1) is 18.5 Å². The van der Waals surface area contributed by atoms with Gasteiger partial charge in [-0.2, -0.15) is 12.5 Å². The molecule has 1 aliphatic rings. The number of ether oxygens (including phenoxy) is 1. The Labute approximate surface area is 159 Å². The van der Waals surface area contributed by atoms with Gasteiger partial charge in [0.1, 0.15) is 6.04 Å². The molecule has 1 aromatic rings. The molecule has 1 saturated heterocycles. The van der Waals surface area contributed by atoms with Gasteiger partial charge >= 0.3 is 51.4 Å². The van der Waals surface area contributed by atoms with Gasteiger partial charge in [0.2, 0.25) is 11.8 Å². The zero-order valence-corrected chi connectivity index (χ0v) is 14.6. The number of imide groups is 1. The average Bonchev–Trinajstić information content (AvgIpc) is 2.36. The van der Waals surface area contributed by atoms with E-state index in [0.717, 1.165) is 0 Å². The summed E-state index contributed by atoms with van der Waals surface area (Å²) in [7, 11) is 1.45. The van der Waals surface area contributed by atoms with Crippen LogP contribution >= 0.6 is 0 Å². The van der Waals surface area contributed by atoms with Crippen molar-refractivity contribution >= 4 is 17.5 Å². The van der Waals surface area contributed by atoms with Crippen molar-refractivity contribution in [1.82, 2.24) is 5.32 Å². The van der Waals surface area contributed by atoms with E-state index in [2.05, 4.69) is 17.6 Å². The fraction of sp³-hybridized carbons (Fsp3) is 0.308. The first-order valence-corrected chi connectivity index (χ1v) is 5.81. The minimum atomic E-state index is -0.582. The van der Waals surface area contributed by atoms with Crippen LogP contribution in [0.2, 0.25) is 0 Å². The fourth-order valence-electron chi connectivity index (χ4n) is 1.90. The van der Waals surface area contributed by atoms with Crippen molar-refractivity contribution in [2.24, 2.45) is 0 Å². The predicted octanol–water partition coefficient (Wildman–Crippen LogP) is -1.76. The van der Waals surface area contributed by atoms with Gasteiger partial charge in [0, 0.05) is 12.2 Å². The SMILES string of the molecule is [CH2-]c1cc(OC)c(NC2CCC(=O)NC2=O)cc1F.[K+]. The number of carbonyl (C=O) groups is 2. The average molecular weight is 304 g/mol. The summed E-state index contributed by atoms with van der Waals surface area (Å²) in [6, 6.07) is 2.09. The molecule has 102 valence electrons. The number of rotatable bonds is 3. The molecule has 5 nitrogen and oxygen atoms in total. The first kappa shape index (κ1) is 17.4. The summed E-state index contributed by atoms with van der Waals surface area (Å²) in [5.74, 6) is -0.807. The summed E-state index contributed by atoms with van der Waals surface area (Å²) < 4.78 is 18.6. The molecule has 0 radical (unpaired) electrons. The molecule has 2 amide bonds. The maximum Gasteiger partial charge on any atom is 1.00 e. The molecule has 2 rings (SSSR count). The van der Waals surface area contributed by atoms with Gasteiger partial charge < -0.3 is 10.1 Å². The molecule has 0 aliphatic carbocycles. The minimum absolute atomic E-state index is 0. The van der Waals surface area contributed by atoms with Crippen LogP contribution in [0.5, 0.6) is 5.75 Å². The van der Waals surface area contributed by atoms with E-state index in [1.165, 1.54) is 19.2 Å². The first-order chi connectivity index (χ1) is 9.01. The van der Waals surface area contributed by atoms with Crippen molar-refractivity contribution < 1.29 is 70.1 Å². The number of hydrogen-bond donors (Lipinski definition) is 2. The Morgan fingerprint density at radius 2 is 2.15 bits per heavy atom. The molecular formula is C13H14FKN2O3. The third kappa shape index (κ3) is 3.95. The molecule has 7 heteroatoms. The molecule has 0 bridgehead atoms. The zero-order valence-electron chi connectivity index (χ0n) is 11.5. The smallest absolute Gasteiger partial charge is 0.507 e. The van der Waals surface area contributed by atoms with Crippen LogP contribution in [0.1, 0.15) is 18.4 Å². The Kier molecular flexibility index (Phi) is 6.47. The largest absolute Gasteiger partial charge is 1.00 e. The van der Waals surface area contributed by atoms with Crippen molar-refractivity contribution in [2.75, 3.05) is 12.4 Å². The van der Waals surface area contributed by atoms with Gasteiger partial charge in [-0.1, -0.05) is 6.07 Å². The van der Waals surface area contributed by atoms with Gasteiger partial charge in [-0.25, -0.2) is 0 Å². The molecule has 1 aliphatic heterocycles. The van der Waals surface area contributed by atoms with Crippen LogP contribution in [0.4, 0.5) is 10.1 Å². The molecule has 1 aromatic carbocycles. The first-order valence-electron chi connectivity index (χ1n) is 5.81. The third-order valence-electron chi connectivity index (χ3n) is 2.94. The summed E-state index contributed by atoms with van der Waals surface area (Å²) >= 11 is 0. The summed E-state index contributed by atoms with van der Waals surface area (Å²) in [5.41, 5.74) is 0.576. The van der Waals surface area contributed by atoms with Gasteiger partial charge in [0.25, 0.3) is 0 Å². The molecule has 1 unspecified atom stereocenters. The van der Waals surface area contributed by atoms with Crippen molar-refractivity contribution in [3.8, 4) is 5.75 Å². The van der Waals surface area contributed by atoms with Crippen LogP contribution in [0.25, 0.3) is 0 Å². The molecule has 0 saturated carbocycles. The number of amides is 2. The Hall–Kier alpha value is -0.604. The van der Waals surface area contributed by atoms with E-state index >= 15 is 0 Å². The van der Waals surface area contributed by atoms with E-state index in [-0.39, 0.29) is 69.3 Å². The number of anilines is 1. The van der Waals surface area contributed by atoms with Crippen LogP contribution < -0.4 is 66.8 Å². The molecule has 1 fully saturated rings. The standard InChI is InChI=1S/C13H14FN2O3.K/c1-7-5-11(19-2)10(6-8(7)14)15-9-3-4-12(17)16-13(9)18;/h5-6,9,15H,1,3-4H2,2H3,(H,16,17,18);/q-1;+1. The molecule has 1 atom stereocenters. The van der Waals surface area contributed by atoms with Crippen LogP contribution in [0.15, 0.2) is 12.1 Å². The van der Waals surface area contributed by atoms with E-state index in [1.807, 2.05) is 0 Å². The molecule has 2 N–H and O–H groups in total. The Morgan fingerprint density at radius 3 is 2.75 bits per heavy atom. The summed E-state index contributed by atoms with van der Waals surface area (Å²) in [6.45, 7) is 3.53. The van der Waals surface area contributed by atoms with E-state index in [0.29, 0.717) is 17.9 Å². The van der Waals surface area contributed by atoms with Crippen LogP contribution in [0.3, 0.4) is 0 Å². The number of hydrogen-bond acceptors (Lipinski definition) is 4. The van der Waals surface area contributed by atoms with Gasteiger partial charge in [0.15, 0.2) is 0 Å². The number of methoxy groups -OCH3 is 1. The number of benzene rings is 1. The second-order valence-corrected chi connectivity index (χ2v) is 4.29. The Balaban J connectivity index is 0.00000200. The topological polar surface area (TPSA) is 67.4 Å². The Morgan fingerprint density at radius 1 is 1.45 bits per heavy atom. The normalized spacial score (nSPS) is 18.0. The monoisotopic (exact) mass is 304 g/mol. The molecule has 1 heterocycles. The summed E-state index contributed by atoms with van der Waals surface area (Å²) in [6.07, 6.45) is 0.614. The van der Waals surface area contributed by atoms with Crippen molar-refractivity contribution in [3.05, 3.63) is 30.4 Å². The number of carbonyl (C=O) groups excluding carboxylic acids is 2. The van der Waals surface area contributed by atoms with Crippen LogP contribution in [0, 0.1) is 12.7 Å². The second kappa shape index (κ2) is 7.42. The maximum absolute atomic E-state index is 13.5. The third-order valence-corrected chi connectivity index (χ3v) is 2.94. The summed E-state index contributed by atoms with van der Waals surface area (Å²) in [5, 5.41) is 5.11. The number of halogens is 1. The van der Waals surface area contributed by atoms with Crippen LogP contribution in [-0.4, -0.2) is 25.0 Å².